The van der Waals surface area contributed by atoms with Gasteiger partial charge >= 0.3 is 5.97 Å². The Kier molecular flexibility index (Phi) is 11.9. The second-order valence-electron chi connectivity index (χ2n) is 11.8. The molecule has 0 spiro atoms. The van der Waals surface area contributed by atoms with Gasteiger partial charge in [-0.05, 0) is 111 Å². The standard InChI is InChI=1S/C37H42ClN3O6/c1-26-32(33-23-30(45-2)15-16-34(33)41(26)37(44)28-11-13-29(38)14-12-28)24-36(43)47-20-6-10-35(42)39-17-7-21-46-31-9-5-8-27(22-31)25-40-18-3-4-19-40/h5,8-9,11-16,22-23H,3-4,6-7,10,17-21,24-25H2,1-2H3,(H,39,42). The summed E-state index contributed by atoms with van der Waals surface area (Å²) in [7, 11) is 1.57. The molecule has 0 saturated carbocycles. The predicted octanol–water partition coefficient (Wildman–Crippen LogP) is 6.35. The maximum atomic E-state index is 13.5. The number of esters is 1. The molecule has 9 nitrogen and oxygen atoms in total. The largest absolute Gasteiger partial charge is 0.497 e. The van der Waals surface area contributed by atoms with Gasteiger partial charge in [0.05, 0.1) is 32.3 Å². The Bertz CT molecular complexity index is 1690. The number of aromatic nitrogens is 1. The maximum absolute atomic E-state index is 13.5. The number of halogens is 1. The lowest BCUT2D eigenvalue weighted by Gasteiger charge is -2.15. The summed E-state index contributed by atoms with van der Waals surface area (Å²) in [6.45, 7) is 6.22. The number of fused-ring (bicyclic) bond motifs is 1. The van der Waals surface area contributed by atoms with Crippen molar-refractivity contribution in [3.63, 3.8) is 0 Å². The smallest absolute Gasteiger partial charge is 0.310 e. The van der Waals surface area contributed by atoms with E-state index in [4.69, 9.17) is 25.8 Å². The zero-order chi connectivity index (χ0) is 33.2. The number of hydrogen-bond acceptors (Lipinski definition) is 7. The molecule has 1 aromatic heterocycles. The minimum absolute atomic E-state index is 0.0240. The fourth-order valence-electron chi connectivity index (χ4n) is 5.92. The summed E-state index contributed by atoms with van der Waals surface area (Å²) in [5.41, 5.74) is 3.72. The van der Waals surface area contributed by atoms with Crippen LogP contribution in [0.5, 0.6) is 11.5 Å². The second kappa shape index (κ2) is 16.5. The highest BCUT2D eigenvalue weighted by atomic mass is 35.5. The van der Waals surface area contributed by atoms with E-state index in [1.165, 1.54) is 18.4 Å². The molecule has 2 heterocycles. The van der Waals surface area contributed by atoms with Crippen LogP contribution in [0.2, 0.25) is 5.02 Å². The SMILES string of the molecule is COc1ccc2c(c1)c(CC(=O)OCCCC(=O)NCCCOc1cccc(CN3CCCC3)c1)c(C)n2C(=O)c1ccc(Cl)cc1. The van der Waals surface area contributed by atoms with Crippen LogP contribution in [0.25, 0.3) is 10.9 Å². The van der Waals surface area contributed by atoms with Crippen molar-refractivity contribution in [2.24, 2.45) is 0 Å². The van der Waals surface area contributed by atoms with Gasteiger partial charge in [0.2, 0.25) is 5.91 Å². The van der Waals surface area contributed by atoms with Crippen LogP contribution in [-0.4, -0.2) is 67.2 Å². The quantitative estimate of drug-likeness (QED) is 0.117. The van der Waals surface area contributed by atoms with Crippen molar-refractivity contribution in [1.82, 2.24) is 14.8 Å². The molecule has 0 unspecified atom stereocenters. The number of ether oxygens (including phenoxy) is 3. The van der Waals surface area contributed by atoms with Crippen LogP contribution in [0.1, 0.15) is 59.3 Å². The molecule has 10 heteroatoms. The van der Waals surface area contributed by atoms with Gasteiger partial charge in [-0.15, -0.1) is 0 Å². The summed E-state index contributed by atoms with van der Waals surface area (Å²) in [4.78, 5) is 41.2. The van der Waals surface area contributed by atoms with E-state index < -0.39 is 5.97 Å². The number of rotatable bonds is 15. The van der Waals surface area contributed by atoms with Crippen molar-refractivity contribution in [2.45, 2.75) is 52.0 Å². The second-order valence-corrected chi connectivity index (χ2v) is 12.2. The van der Waals surface area contributed by atoms with Crippen molar-refractivity contribution in [1.29, 1.82) is 0 Å². The third kappa shape index (κ3) is 9.14. The fraction of sp³-hybridized carbons (Fsp3) is 0.378. The van der Waals surface area contributed by atoms with Crippen LogP contribution >= 0.6 is 11.6 Å². The summed E-state index contributed by atoms with van der Waals surface area (Å²) in [6, 6.07) is 20.3. The Morgan fingerprint density at radius 3 is 2.47 bits per heavy atom. The third-order valence-corrected chi connectivity index (χ3v) is 8.64. The molecular formula is C37H42ClN3O6. The first-order chi connectivity index (χ1) is 22.8. The average molecular weight is 660 g/mol. The topological polar surface area (TPSA) is 99.1 Å². The summed E-state index contributed by atoms with van der Waals surface area (Å²) < 4.78 is 18.4. The normalized spacial score (nSPS) is 13.1. The number of hydrogen-bond donors (Lipinski definition) is 1. The predicted molar refractivity (Wildman–Crippen MR) is 182 cm³/mol. The number of likely N-dealkylation sites (tertiary alicyclic amines) is 1. The van der Waals surface area contributed by atoms with E-state index in [2.05, 4.69) is 22.3 Å². The van der Waals surface area contributed by atoms with Gasteiger partial charge in [-0.2, -0.15) is 0 Å². The number of carbonyl (C=O) groups is 3. The van der Waals surface area contributed by atoms with E-state index in [0.717, 1.165) is 30.8 Å². The lowest BCUT2D eigenvalue weighted by molar-refractivity contribution is -0.143. The molecule has 4 aromatic rings. The molecule has 0 radical (unpaired) electrons. The van der Waals surface area contributed by atoms with E-state index in [1.54, 1.807) is 42.0 Å². The van der Waals surface area contributed by atoms with E-state index in [9.17, 15) is 14.4 Å². The lowest BCUT2D eigenvalue weighted by Crippen LogP contribution is -2.25. The van der Waals surface area contributed by atoms with Crippen LogP contribution < -0.4 is 14.8 Å². The summed E-state index contributed by atoms with van der Waals surface area (Å²) in [5, 5.41) is 4.18. The van der Waals surface area contributed by atoms with E-state index >= 15 is 0 Å². The average Bonchev–Trinajstić information content (AvgIpc) is 3.68. The number of methoxy groups -OCH3 is 1. The molecule has 47 heavy (non-hydrogen) atoms. The molecule has 1 saturated heterocycles. The number of nitrogens with one attached hydrogen (secondary N) is 1. The van der Waals surface area contributed by atoms with Gasteiger partial charge in [0, 0.05) is 41.2 Å². The highest BCUT2D eigenvalue weighted by molar-refractivity contribution is 6.30. The maximum Gasteiger partial charge on any atom is 0.310 e. The van der Waals surface area contributed by atoms with Crippen molar-refractivity contribution in [3.8, 4) is 11.5 Å². The molecular weight excluding hydrogens is 618 g/mol. The highest BCUT2D eigenvalue weighted by Gasteiger charge is 2.22. The Labute approximate surface area is 280 Å². The van der Waals surface area contributed by atoms with Crippen LogP contribution in [0.4, 0.5) is 0 Å². The van der Waals surface area contributed by atoms with Gasteiger partial charge in [0.1, 0.15) is 11.5 Å². The van der Waals surface area contributed by atoms with Gasteiger partial charge in [-0.25, -0.2) is 0 Å². The Morgan fingerprint density at radius 1 is 0.915 bits per heavy atom. The van der Waals surface area contributed by atoms with Gasteiger partial charge in [0.15, 0.2) is 0 Å². The number of amides is 1. The molecule has 5 rings (SSSR count). The molecule has 0 aliphatic carbocycles. The third-order valence-electron chi connectivity index (χ3n) is 8.38. The molecule has 1 aliphatic heterocycles. The van der Waals surface area contributed by atoms with Gasteiger partial charge in [-0.1, -0.05) is 23.7 Å². The zero-order valence-corrected chi connectivity index (χ0v) is 27.8. The molecule has 3 aromatic carbocycles. The first-order valence-corrected chi connectivity index (χ1v) is 16.5. The highest BCUT2D eigenvalue weighted by Crippen LogP contribution is 2.31. The van der Waals surface area contributed by atoms with Crippen molar-refractivity contribution in [3.05, 3.63) is 94.1 Å². The Balaban J connectivity index is 1.05. The monoisotopic (exact) mass is 659 g/mol. The van der Waals surface area contributed by atoms with Crippen LogP contribution in [0.15, 0.2) is 66.7 Å². The summed E-state index contributed by atoms with van der Waals surface area (Å²) in [5.74, 6) is 0.704. The molecule has 1 fully saturated rings. The van der Waals surface area contributed by atoms with Crippen LogP contribution in [0, 0.1) is 6.92 Å². The van der Waals surface area contributed by atoms with E-state index in [0.29, 0.717) is 59.1 Å². The molecule has 248 valence electrons. The van der Waals surface area contributed by atoms with Gasteiger partial charge in [0.25, 0.3) is 5.91 Å². The van der Waals surface area contributed by atoms with E-state index in [-0.39, 0.29) is 31.3 Å². The first kappa shape index (κ1) is 34.0. The molecule has 0 atom stereocenters. The molecule has 0 bridgehead atoms. The van der Waals surface area contributed by atoms with Crippen LogP contribution in [-0.2, 0) is 27.3 Å². The Morgan fingerprint density at radius 2 is 1.70 bits per heavy atom. The zero-order valence-electron chi connectivity index (χ0n) is 27.1. The minimum Gasteiger partial charge on any atom is -0.497 e. The minimum atomic E-state index is -0.434. The van der Waals surface area contributed by atoms with Crippen molar-refractivity contribution >= 4 is 40.3 Å². The summed E-state index contributed by atoms with van der Waals surface area (Å²) in [6.07, 6.45) is 3.86. The fourth-order valence-corrected chi connectivity index (χ4v) is 6.05. The first-order valence-electron chi connectivity index (χ1n) is 16.2. The van der Waals surface area contributed by atoms with Gasteiger partial charge in [-0.3, -0.25) is 23.9 Å². The van der Waals surface area contributed by atoms with Crippen molar-refractivity contribution in [2.75, 3.05) is 40.0 Å². The Hall–Kier alpha value is -4.34. The van der Waals surface area contributed by atoms with Gasteiger partial charge < -0.3 is 19.5 Å². The van der Waals surface area contributed by atoms with Crippen LogP contribution in [0.3, 0.4) is 0 Å². The number of carbonyl (C=O) groups excluding carboxylic acids is 3. The number of benzene rings is 3. The van der Waals surface area contributed by atoms with Crippen molar-refractivity contribution < 1.29 is 28.6 Å². The molecule has 1 N–H and O–H groups in total. The summed E-state index contributed by atoms with van der Waals surface area (Å²) >= 11 is 6.02. The lowest BCUT2D eigenvalue weighted by atomic mass is 10.1. The molecule has 1 aliphatic rings. The van der Waals surface area contributed by atoms with E-state index in [1.807, 2.05) is 31.2 Å². The number of nitrogens with zero attached hydrogens (tertiary/aromatic N) is 2. The molecule has 1 amide bonds.